The maximum absolute atomic E-state index is 5.11. The Morgan fingerprint density at radius 3 is 2.00 bits per heavy atom. The van der Waals surface area contributed by atoms with Crippen LogP contribution in [0.4, 0.5) is 0 Å². The second-order valence-corrected chi connectivity index (χ2v) is 4.16. The number of hydrogen-bond donors (Lipinski definition) is 3. The van der Waals surface area contributed by atoms with Crippen molar-refractivity contribution in [3.05, 3.63) is 0 Å². The summed E-state index contributed by atoms with van der Waals surface area (Å²) in [5.74, 6) is 10.0. The normalized spacial score (nSPS) is 13.5. The minimum atomic E-state index is -0.394. The highest BCUT2D eigenvalue weighted by Crippen LogP contribution is 2.21. The summed E-state index contributed by atoms with van der Waals surface area (Å²) in [6.45, 7) is 7.68. The predicted molar refractivity (Wildman–Crippen MR) is 46.5 cm³/mol. The van der Waals surface area contributed by atoms with Crippen molar-refractivity contribution in [2.24, 2.45) is 11.8 Å². The molecule has 0 radical (unpaired) electrons. The van der Waals surface area contributed by atoms with Crippen LogP contribution in [0.5, 0.6) is 0 Å². The Hall–Kier alpha value is -0.200. The van der Waals surface area contributed by atoms with Gasteiger partial charge in [-0.3, -0.25) is 4.84 Å². The van der Waals surface area contributed by atoms with Crippen LogP contribution in [0.2, 0.25) is 0 Å². The Labute approximate surface area is 73.2 Å². The lowest BCUT2D eigenvalue weighted by molar-refractivity contribution is -0.0766. The van der Waals surface area contributed by atoms with Gasteiger partial charge in [-0.05, 0) is 34.1 Å². The van der Waals surface area contributed by atoms with Crippen LogP contribution < -0.4 is 17.3 Å². The Bertz CT molecular complexity index is 137. The van der Waals surface area contributed by atoms with E-state index in [0.717, 1.165) is 0 Å². The van der Waals surface area contributed by atoms with Gasteiger partial charge < -0.3 is 0 Å². The molecule has 0 unspecified atom stereocenters. The van der Waals surface area contributed by atoms with Crippen LogP contribution >= 0.6 is 0 Å². The summed E-state index contributed by atoms with van der Waals surface area (Å²) in [6.07, 6.45) is 0.688. The molecule has 0 aliphatic heterocycles. The first kappa shape index (κ1) is 11.8. The van der Waals surface area contributed by atoms with E-state index in [9.17, 15) is 0 Å². The Kier molecular flexibility index (Phi) is 4.09. The summed E-state index contributed by atoms with van der Waals surface area (Å²) in [6, 6.07) is 0. The molecule has 5 N–H and O–H groups in total. The first-order chi connectivity index (χ1) is 5.33. The van der Waals surface area contributed by atoms with E-state index in [1.54, 1.807) is 0 Å². The molecule has 0 atom stereocenters. The molecule has 0 aliphatic carbocycles. The number of nitrogens with two attached hydrogens (primary N) is 2. The summed E-state index contributed by atoms with van der Waals surface area (Å²) >= 11 is 0. The van der Waals surface area contributed by atoms with Crippen LogP contribution in [0.3, 0.4) is 0 Å². The van der Waals surface area contributed by atoms with Gasteiger partial charge in [0.25, 0.3) is 0 Å². The van der Waals surface area contributed by atoms with Gasteiger partial charge in [-0.25, -0.2) is 10.8 Å². The second-order valence-electron chi connectivity index (χ2n) is 4.16. The molecule has 0 saturated heterocycles. The minimum absolute atomic E-state index is 0.266. The fraction of sp³-hybridized carbons (Fsp3) is 1.00. The molecule has 74 valence electrons. The van der Waals surface area contributed by atoms with Gasteiger partial charge in [0.2, 0.25) is 0 Å². The predicted octanol–water partition coefficient (Wildman–Crippen LogP) is 0.219. The molecule has 0 heterocycles. The smallest absolute Gasteiger partial charge is 0.0856 e. The van der Waals surface area contributed by atoms with Crippen LogP contribution in [0.1, 0.15) is 34.1 Å². The SMILES string of the molecule is CC(C)(CC(C)(C)ON)NON. The lowest BCUT2D eigenvalue weighted by Crippen LogP contribution is -2.47. The Morgan fingerprint density at radius 1 is 1.17 bits per heavy atom. The van der Waals surface area contributed by atoms with Crippen LogP contribution in [-0.2, 0) is 9.78 Å². The third-order valence-electron chi connectivity index (χ3n) is 1.52. The monoisotopic (exact) mass is 177 g/mol. The molecule has 0 aliphatic rings. The van der Waals surface area contributed by atoms with Gasteiger partial charge in [0.05, 0.1) is 5.60 Å². The molecule has 0 fully saturated rings. The molecular formula is C7H19N3O2. The molecular weight excluding hydrogens is 158 g/mol. The largest absolute Gasteiger partial charge is 0.299 e. The van der Waals surface area contributed by atoms with Gasteiger partial charge in [-0.15, -0.1) is 0 Å². The second kappa shape index (κ2) is 4.15. The van der Waals surface area contributed by atoms with Crippen molar-refractivity contribution in [2.45, 2.75) is 45.3 Å². The number of hydroxylamine groups is 1. The molecule has 0 amide bonds. The first-order valence-corrected chi connectivity index (χ1v) is 3.84. The summed E-state index contributed by atoms with van der Waals surface area (Å²) in [5, 5.41) is 0. The Morgan fingerprint density at radius 2 is 1.67 bits per heavy atom. The summed E-state index contributed by atoms with van der Waals surface area (Å²) < 4.78 is 0. The van der Waals surface area contributed by atoms with Gasteiger partial charge >= 0.3 is 0 Å². The van der Waals surface area contributed by atoms with E-state index >= 15 is 0 Å². The fourth-order valence-electron chi connectivity index (χ4n) is 1.30. The highest BCUT2D eigenvalue weighted by molar-refractivity contribution is 4.83. The van der Waals surface area contributed by atoms with Crippen molar-refractivity contribution in [1.82, 2.24) is 5.48 Å². The van der Waals surface area contributed by atoms with E-state index in [0.29, 0.717) is 6.42 Å². The number of nitrogens with one attached hydrogen (secondary N) is 1. The van der Waals surface area contributed by atoms with Crippen molar-refractivity contribution < 1.29 is 9.78 Å². The van der Waals surface area contributed by atoms with Crippen LogP contribution in [0.15, 0.2) is 0 Å². The lowest BCUT2D eigenvalue weighted by Gasteiger charge is -2.32. The maximum atomic E-state index is 5.11. The van der Waals surface area contributed by atoms with E-state index in [1.807, 2.05) is 27.7 Å². The van der Waals surface area contributed by atoms with Gasteiger partial charge in [-0.1, -0.05) is 0 Å². The van der Waals surface area contributed by atoms with E-state index in [2.05, 4.69) is 10.4 Å². The zero-order valence-corrected chi connectivity index (χ0v) is 8.18. The van der Waals surface area contributed by atoms with Crippen molar-refractivity contribution in [1.29, 1.82) is 0 Å². The molecule has 5 heteroatoms. The zero-order chi connectivity index (χ0) is 9.83. The quantitative estimate of drug-likeness (QED) is 0.523. The number of rotatable bonds is 5. The highest BCUT2D eigenvalue weighted by Gasteiger charge is 2.29. The molecule has 0 aromatic heterocycles. The number of hydrogen-bond acceptors (Lipinski definition) is 5. The molecule has 5 nitrogen and oxygen atoms in total. The lowest BCUT2D eigenvalue weighted by atomic mass is 9.90. The van der Waals surface area contributed by atoms with Crippen molar-refractivity contribution >= 4 is 0 Å². The van der Waals surface area contributed by atoms with Gasteiger partial charge in [0, 0.05) is 5.54 Å². The average Bonchev–Trinajstić information content (AvgIpc) is 1.85. The molecule has 0 aromatic carbocycles. The van der Waals surface area contributed by atoms with Crippen molar-refractivity contribution in [3.8, 4) is 0 Å². The molecule has 0 bridgehead atoms. The molecule has 0 rings (SSSR count). The third kappa shape index (κ3) is 4.63. The zero-order valence-electron chi connectivity index (χ0n) is 8.18. The summed E-state index contributed by atoms with van der Waals surface area (Å²) in [7, 11) is 0. The van der Waals surface area contributed by atoms with Gasteiger partial charge in [0.1, 0.15) is 0 Å². The highest BCUT2D eigenvalue weighted by atomic mass is 16.8. The van der Waals surface area contributed by atoms with E-state index in [1.165, 1.54) is 0 Å². The van der Waals surface area contributed by atoms with Crippen LogP contribution in [-0.4, -0.2) is 11.1 Å². The summed E-state index contributed by atoms with van der Waals surface area (Å²) in [5.41, 5.74) is 1.99. The van der Waals surface area contributed by atoms with Crippen LogP contribution in [0.25, 0.3) is 0 Å². The van der Waals surface area contributed by atoms with E-state index in [-0.39, 0.29) is 5.54 Å². The molecule has 0 spiro atoms. The molecule has 0 saturated carbocycles. The van der Waals surface area contributed by atoms with Crippen molar-refractivity contribution in [2.75, 3.05) is 0 Å². The maximum Gasteiger partial charge on any atom is 0.0856 e. The fourth-order valence-corrected chi connectivity index (χ4v) is 1.30. The van der Waals surface area contributed by atoms with Crippen LogP contribution in [0, 0.1) is 0 Å². The van der Waals surface area contributed by atoms with Gasteiger partial charge in [0.15, 0.2) is 0 Å². The van der Waals surface area contributed by atoms with Crippen molar-refractivity contribution in [3.63, 3.8) is 0 Å². The topological polar surface area (TPSA) is 82.5 Å². The first-order valence-electron chi connectivity index (χ1n) is 3.84. The standard InChI is InChI=1S/C7H19N3O2/c1-6(2,10-12-9)5-7(3,4)11-8/h10H,5,8-9H2,1-4H3. The minimum Gasteiger partial charge on any atom is -0.299 e. The van der Waals surface area contributed by atoms with Gasteiger partial charge in [-0.2, -0.15) is 11.4 Å². The summed E-state index contributed by atoms with van der Waals surface area (Å²) in [4.78, 5) is 9.13. The van der Waals surface area contributed by atoms with E-state index < -0.39 is 5.60 Å². The third-order valence-corrected chi connectivity index (χ3v) is 1.52. The Balaban J connectivity index is 4.04. The van der Waals surface area contributed by atoms with E-state index in [4.69, 9.17) is 16.6 Å². The molecule has 0 aromatic rings. The molecule has 12 heavy (non-hydrogen) atoms. The average molecular weight is 177 g/mol.